The highest BCUT2D eigenvalue weighted by Crippen LogP contribution is 2.26. The van der Waals surface area contributed by atoms with E-state index in [1.807, 2.05) is 54.6 Å². The number of anilines is 2. The molecule has 0 saturated heterocycles. The van der Waals surface area contributed by atoms with Crippen molar-refractivity contribution in [2.75, 3.05) is 11.1 Å². The molecule has 0 aliphatic carbocycles. The summed E-state index contributed by atoms with van der Waals surface area (Å²) in [4.78, 5) is 4.60. The lowest BCUT2D eigenvalue weighted by Gasteiger charge is -2.16. The van der Waals surface area contributed by atoms with Gasteiger partial charge in [-0.2, -0.15) is 0 Å². The predicted octanol–water partition coefficient (Wildman–Crippen LogP) is 4.64. The molecule has 1 heterocycles. The maximum atomic E-state index is 6.22. The maximum Gasteiger partial charge on any atom is 0.127 e. The van der Waals surface area contributed by atoms with Crippen LogP contribution in [0.4, 0.5) is 11.5 Å². The van der Waals surface area contributed by atoms with Crippen LogP contribution in [0.3, 0.4) is 0 Å². The number of hydrogen-bond acceptors (Lipinski definition) is 3. The van der Waals surface area contributed by atoms with Gasteiger partial charge in [-0.3, -0.25) is 0 Å². The summed E-state index contributed by atoms with van der Waals surface area (Å²) < 4.78 is 0. The van der Waals surface area contributed by atoms with Crippen LogP contribution in [-0.2, 0) is 0 Å². The predicted molar refractivity (Wildman–Crippen MR) is 89.6 cm³/mol. The van der Waals surface area contributed by atoms with E-state index in [4.69, 9.17) is 17.3 Å². The normalized spacial score (nSPS) is 12.3. The van der Waals surface area contributed by atoms with Gasteiger partial charge in [0, 0.05) is 16.1 Å². The summed E-state index contributed by atoms with van der Waals surface area (Å²) in [5.74, 6) is 0.819. The average molecular weight is 298 g/mol. The van der Waals surface area contributed by atoms with Gasteiger partial charge in [-0.25, -0.2) is 4.98 Å². The van der Waals surface area contributed by atoms with Crippen molar-refractivity contribution in [1.82, 2.24) is 4.98 Å². The third kappa shape index (κ3) is 2.93. The van der Waals surface area contributed by atoms with E-state index in [1.165, 1.54) is 0 Å². The van der Waals surface area contributed by atoms with Gasteiger partial charge < -0.3 is 11.1 Å². The molecule has 3 rings (SSSR count). The second-order valence-corrected chi connectivity index (χ2v) is 5.44. The third-order valence-corrected chi connectivity index (χ3v) is 3.79. The van der Waals surface area contributed by atoms with Gasteiger partial charge in [-0.1, -0.05) is 29.8 Å². The third-order valence-electron chi connectivity index (χ3n) is 3.45. The van der Waals surface area contributed by atoms with Crippen LogP contribution in [0.25, 0.3) is 10.9 Å². The van der Waals surface area contributed by atoms with Crippen molar-refractivity contribution in [2.24, 2.45) is 0 Å². The van der Waals surface area contributed by atoms with Crippen molar-refractivity contribution in [3.63, 3.8) is 0 Å². The highest BCUT2D eigenvalue weighted by Gasteiger charge is 2.09. The second kappa shape index (κ2) is 5.62. The molecular formula is C17H16ClN3. The number of pyridine rings is 1. The molecule has 0 bridgehead atoms. The largest absolute Gasteiger partial charge is 0.399 e. The van der Waals surface area contributed by atoms with Crippen LogP contribution < -0.4 is 11.1 Å². The number of nitrogens with one attached hydrogen (secondary N) is 1. The van der Waals surface area contributed by atoms with E-state index in [0.29, 0.717) is 0 Å². The Balaban J connectivity index is 1.88. The number of aromatic nitrogens is 1. The summed E-state index contributed by atoms with van der Waals surface area (Å²) in [7, 11) is 0. The highest BCUT2D eigenvalue weighted by molar-refractivity contribution is 6.31. The Labute approximate surface area is 128 Å². The molecule has 0 radical (unpaired) electrons. The SMILES string of the molecule is CC(Nc1ccc2cc(N)ccc2n1)c1ccccc1Cl. The summed E-state index contributed by atoms with van der Waals surface area (Å²) in [6.07, 6.45) is 0. The fraction of sp³-hybridized carbons (Fsp3) is 0.118. The molecule has 3 nitrogen and oxygen atoms in total. The average Bonchev–Trinajstić information content (AvgIpc) is 2.48. The molecule has 0 saturated carbocycles. The number of nitrogens with two attached hydrogens (primary N) is 1. The quantitative estimate of drug-likeness (QED) is 0.692. The monoisotopic (exact) mass is 297 g/mol. The van der Waals surface area contributed by atoms with Gasteiger partial charge in [-0.05, 0) is 48.9 Å². The molecule has 0 aliphatic rings. The van der Waals surface area contributed by atoms with Crippen LogP contribution in [0, 0.1) is 0 Å². The minimum atomic E-state index is 0.0810. The Kier molecular flexibility index (Phi) is 3.67. The van der Waals surface area contributed by atoms with E-state index in [0.717, 1.165) is 33.0 Å². The molecule has 0 aliphatic heterocycles. The Morgan fingerprint density at radius 2 is 1.90 bits per heavy atom. The molecule has 0 spiro atoms. The van der Waals surface area contributed by atoms with Crippen LogP contribution >= 0.6 is 11.6 Å². The fourth-order valence-corrected chi connectivity index (χ4v) is 2.65. The Bertz CT molecular complexity index is 786. The summed E-state index contributed by atoms with van der Waals surface area (Å²) in [6.45, 7) is 2.07. The standard InChI is InChI=1S/C17H16ClN3/c1-11(14-4-2-3-5-15(14)18)20-17-9-6-12-10-13(19)7-8-16(12)21-17/h2-11H,19H2,1H3,(H,20,21). The van der Waals surface area contributed by atoms with Gasteiger partial charge in [0.25, 0.3) is 0 Å². The van der Waals surface area contributed by atoms with E-state index in [9.17, 15) is 0 Å². The molecule has 2 aromatic carbocycles. The van der Waals surface area contributed by atoms with Gasteiger partial charge in [0.1, 0.15) is 5.82 Å². The first-order valence-corrected chi connectivity index (χ1v) is 7.18. The van der Waals surface area contributed by atoms with Gasteiger partial charge >= 0.3 is 0 Å². The highest BCUT2D eigenvalue weighted by atomic mass is 35.5. The van der Waals surface area contributed by atoms with Crippen LogP contribution in [0.5, 0.6) is 0 Å². The Morgan fingerprint density at radius 1 is 1.10 bits per heavy atom. The molecule has 106 valence electrons. The number of halogens is 1. The summed E-state index contributed by atoms with van der Waals surface area (Å²) >= 11 is 6.22. The van der Waals surface area contributed by atoms with Crippen molar-refractivity contribution >= 4 is 34.0 Å². The lowest BCUT2D eigenvalue weighted by molar-refractivity contribution is 0.877. The molecule has 3 aromatic rings. The first-order valence-electron chi connectivity index (χ1n) is 6.81. The summed E-state index contributed by atoms with van der Waals surface area (Å²) in [6, 6.07) is 17.6. The van der Waals surface area contributed by atoms with E-state index >= 15 is 0 Å². The van der Waals surface area contributed by atoms with Crippen molar-refractivity contribution in [1.29, 1.82) is 0 Å². The van der Waals surface area contributed by atoms with Crippen molar-refractivity contribution in [2.45, 2.75) is 13.0 Å². The molecule has 0 fully saturated rings. The molecule has 4 heteroatoms. The van der Waals surface area contributed by atoms with E-state index in [-0.39, 0.29) is 6.04 Å². The molecule has 1 atom stereocenters. The van der Waals surface area contributed by atoms with Crippen molar-refractivity contribution in [3.8, 4) is 0 Å². The molecule has 1 aromatic heterocycles. The van der Waals surface area contributed by atoms with Crippen LogP contribution in [0.15, 0.2) is 54.6 Å². The Hall–Kier alpha value is -2.26. The van der Waals surface area contributed by atoms with E-state index in [2.05, 4.69) is 17.2 Å². The summed E-state index contributed by atoms with van der Waals surface area (Å²) in [5.41, 5.74) is 8.49. The fourth-order valence-electron chi connectivity index (χ4n) is 2.35. The van der Waals surface area contributed by atoms with Crippen LogP contribution in [0.2, 0.25) is 5.02 Å². The van der Waals surface area contributed by atoms with Crippen LogP contribution in [-0.4, -0.2) is 4.98 Å². The molecule has 21 heavy (non-hydrogen) atoms. The lowest BCUT2D eigenvalue weighted by Crippen LogP contribution is -2.08. The second-order valence-electron chi connectivity index (χ2n) is 5.04. The molecular weight excluding hydrogens is 282 g/mol. The number of rotatable bonds is 3. The molecule has 3 N–H and O–H groups in total. The zero-order valence-electron chi connectivity index (χ0n) is 11.7. The number of fused-ring (bicyclic) bond motifs is 1. The van der Waals surface area contributed by atoms with E-state index in [1.54, 1.807) is 0 Å². The van der Waals surface area contributed by atoms with Crippen LogP contribution in [0.1, 0.15) is 18.5 Å². The number of benzene rings is 2. The number of nitrogen functional groups attached to an aromatic ring is 1. The smallest absolute Gasteiger partial charge is 0.127 e. The minimum Gasteiger partial charge on any atom is -0.399 e. The Morgan fingerprint density at radius 3 is 2.71 bits per heavy atom. The zero-order chi connectivity index (χ0) is 14.8. The van der Waals surface area contributed by atoms with Crippen molar-refractivity contribution < 1.29 is 0 Å². The summed E-state index contributed by atoms with van der Waals surface area (Å²) in [5, 5.41) is 5.17. The zero-order valence-corrected chi connectivity index (χ0v) is 12.4. The first-order chi connectivity index (χ1) is 10.1. The topological polar surface area (TPSA) is 50.9 Å². The van der Waals surface area contributed by atoms with Crippen molar-refractivity contribution in [3.05, 3.63) is 65.2 Å². The number of nitrogens with zero attached hydrogens (tertiary/aromatic N) is 1. The lowest BCUT2D eigenvalue weighted by atomic mass is 10.1. The van der Waals surface area contributed by atoms with Gasteiger partial charge in [0.15, 0.2) is 0 Å². The minimum absolute atomic E-state index is 0.0810. The van der Waals surface area contributed by atoms with Gasteiger partial charge in [0.05, 0.1) is 11.6 Å². The first kappa shape index (κ1) is 13.7. The van der Waals surface area contributed by atoms with E-state index < -0.39 is 0 Å². The molecule has 1 unspecified atom stereocenters. The van der Waals surface area contributed by atoms with Gasteiger partial charge in [0.2, 0.25) is 0 Å². The maximum absolute atomic E-state index is 6.22. The molecule has 0 amide bonds. The number of hydrogen-bond donors (Lipinski definition) is 2. The van der Waals surface area contributed by atoms with Gasteiger partial charge in [-0.15, -0.1) is 0 Å².